The fourth-order valence-corrected chi connectivity index (χ4v) is 3.76. The minimum absolute atomic E-state index is 0.00991. The lowest BCUT2D eigenvalue weighted by molar-refractivity contribution is -0.142. The molecule has 0 heterocycles. The molecule has 1 aromatic carbocycles. The van der Waals surface area contributed by atoms with Crippen LogP contribution in [0.25, 0.3) is 0 Å². The number of benzene rings is 1. The highest BCUT2D eigenvalue weighted by molar-refractivity contribution is 7.98. The Morgan fingerprint density at radius 3 is 2.03 bits per heavy atom. The monoisotopic (exact) mass is 543 g/mol. The van der Waals surface area contributed by atoms with Crippen LogP contribution in [-0.4, -0.2) is 81.7 Å². The maximum atomic E-state index is 12.9. The minimum atomic E-state index is -1.32. The molecule has 0 aromatic heterocycles. The summed E-state index contributed by atoms with van der Waals surface area (Å²) in [6, 6.07) is 1.19. The third kappa shape index (κ3) is 11.2. The fraction of sp³-hybridized carbons (Fsp3) is 0.500. The van der Waals surface area contributed by atoms with Crippen molar-refractivity contribution >= 4 is 54.0 Å². The second-order valence-corrected chi connectivity index (χ2v) is 9.32. The number of nitrogens with one attached hydrogen (secondary N) is 3. The highest BCUT2D eigenvalue weighted by atomic mass is 32.2. The van der Waals surface area contributed by atoms with Crippen molar-refractivity contribution in [2.45, 2.75) is 49.9 Å². The highest BCUT2D eigenvalue weighted by Gasteiger charge is 2.30. The number of aliphatic carboxylic acids is 1. The number of aromatic hydroxyl groups is 1. The molecule has 4 unspecified atom stereocenters. The van der Waals surface area contributed by atoms with E-state index in [1.54, 1.807) is 0 Å². The van der Waals surface area contributed by atoms with Gasteiger partial charge < -0.3 is 37.6 Å². The average molecular weight is 544 g/mol. The molecule has 1 aromatic rings. The van der Waals surface area contributed by atoms with Gasteiger partial charge in [0.2, 0.25) is 23.6 Å². The average Bonchev–Trinajstić information content (AvgIpc) is 2.83. The largest absolute Gasteiger partial charge is 0.508 e. The zero-order chi connectivity index (χ0) is 27.3. The van der Waals surface area contributed by atoms with E-state index < -0.39 is 53.8 Å². The molecule has 0 saturated heterocycles. The van der Waals surface area contributed by atoms with Crippen molar-refractivity contribution in [3.05, 3.63) is 29.8 Å². The maximum Gasteiger partial charge on any atom is 0.326 e. The maximum absolute atomic E-state index is 12.9. The SMILES string of the molecule is CSCCC(N)C(=O)NC(CCC(N)=O)C(=O)NC(CS)C(=O)NC(Cc1ccc(O)cc1)C(=O)O. The molecule has 0 aliphatic carbocycles. The van der Waals surface area contributed by atoms with Gasteiger partial charge in [-0.15, -0.1) is 0 Å². The number of thioether (sulfide) groups is 1. The summed E-state index contributed by atoms with van der Waals surface area (Å²) in [6.45, 7) is 0. The summed E-state index contributed by atoms with van der Waals surface area (Å²) >= 11 is 5.58. The molecule has 9 N–H and O–H groups in total. The second-order valence-electron chi connectivity index (χ2n) is 7.97. The van der Waals surface area contributed by atoms with Crippen LogP contribution in [0.1, 0.15) is 24.8 Å². The number of carboxylic acid groups (broad SMARTS) is 1. The molecule has 14 heteroatoms. The number of hydrogen-bond donors (Lipinski definition) is 8. The first-order chi connectivity index (χ1) is 17.0. The van der Waals surface area contributed by atoms with Crippen LogP contribution in [0.4, 0.5) is 0 Å². The molecule has 0 saturated carbocycles. The predicted molar refractivity (Wildman–Crippen MR) is 138 cm³/mol. The Morgan fingerprint density at radius 2 is 1.50 bits per heavy atom. The van der Waals surface area contributed by atoms with Gasteiger partial charge in [0.05, 0.1) is 6.04 Å². The number of carboxylic acids is 1. The zero-order valence-corrected chi connectivity index (χ0v) is 21.5. The molecule has 4 atom stereocenters. The van der Waals surface area contributed by atoms with Crippen LogP contribution in [0.3, 0.4) is 0 Å². The van der Waals surface area contributed by atoms with E-state index >= 15 is 0 Å². The van der Waals surface area contributed by atoms with Crippen molar-refractivity contribution in [3.63, 3.8) is 0 Å². The van der Waals surface area contributed by atoms with E-state index in [1.165, 1.54) is 36.0 Å². The van der Waals surface area contributed by atoms with Crippen molar-refractivity contribution in [1.29, 1.82) is 0 Å². The fourth-order valence-electron chi connectivity index (χ4n) is 3.02. The van der Waals surface area contributed by atoms with Crippen LogP contribution in [-0.2, 0) is 30.4 Å². The van der Waals surface area contributed by atoms with Gasteiger partial charge >= 0.3 is 5.97 Å². The summed E-state index contributed by atoms with van der Waals surface area (Å²) in [4.78, 5) is 60.9. The van der Waals surface area contributed by atoms with Crippen molar-refractivity contribution in [2.24, 2.45) is 11.5 Å². The van der Waals surface area contributed by atoms with Gasteiger partial charge in [0, 0.05) is 18.6 Å². The molecule has 200 valence electrons. The van der Waals surface area contributed by atoms with Gasteiger partial charge in [-0.05, 0) is 42.5 Å². The molecule has 1 rings (SSSR count). The molecule has 0 spiro atoms. The Labute approximate surface area is 218 Å². The van der Waals surface area contributed by atoms with Gasteiger partial charge in [-0.3, -0.25) is 19.2 Å². The Kier molecular flexibility index (Phi) is 13.7. The van der Waals surface area contributed by atoms with E-state index in [-0.39, 0.29) is 30.8 Å². The molecule has 0 bridgehead atoms. The molecular formula is C22H33N5O7S2. The van der Waals surface area contributed by atoms with Gasteiger partial charge in [0.1, 0.15) is 23.9 Å². The van der Waals surface area contributed by atoms with Gasteiger partial charge in [0.25, 0.3) is 0 Å². The lowest BCUT2D eigenvalue weighted by Gasteiger charge is -2.24. The Hall–Kier alpha value is -2.97. The van der Waals surface area contributed by atoms with E-state index in [4.69, 9.17) is 11.5 Å². The molecule has 0 aliphatic heterocycles. The summed E-state index contributed by atoms with van der Waals surface area (Å²) in [6.07, 6.45) is 1.83. The van der Waals surface area contributed by atoms with E-state index in [1.807, 2.05) is 6.26 Å². The van der Waals surface area contributed by atoms with E-state index in [0.717, 1.165) is 0 Å². The van der Waals surface area contributed by atoms with Gasteiger partial charge in [-0.25, -0.2) is 4.79 Å². The second kappa shape index (κ2) is 15.9. The molecular weight excluding hydrogens is 510 g/mol. The molecule has 4 amide bonds. The van der Waals surface area contributed by atoms with Crippen LogP contribution in [0.5, 0.6) is 5.75 Å². The Morgan fingerprint density at radius 1 is 0.944 bits per heavy atom. The van der Waals surface area contributed by atoms with Crippen LogP contribution < -0.4 is 27.4 Å². The van der Waals surface area contributed by atoms with Crippen molar-refractivity contribution in [1.82, 2.24) is 16.0 Å². The van der Waals surface area contributed by atoms with Crippen molar-refractivity contribution in [3.8, 4) is 5.75 Å². The summed E-state index contributed by atoms with van der Waals surface area (Å²) in [5.41, 5.74) is 11.6. The number of amides is 4. The van der Waals surface area contributed by atoms with Crippen LogP contribution in [0.2, 0.25) is 0 Å². The summed E-state index contributed by atoms with van der Waals surface area (Å²) in [5, 5.41) is 26.2. The summed E-state index contributed by atoms with van der Waals surface area (Å²) < 4.78 is 0. The van der Waals surface area contributed by atoms with Gasteiger partial charge in [-0.2, -0.15) is 24.4 Å². The first-order valence-corrected chi connectivity index (χ1v) is 13.1. The number of phenolic OH excluding ortho intramolecular Hbond substituents is 1. The quantitative estimate of drug-likeness (QED) is 0.117. The van der Waals surface area contributed by atoms with Gasteiger partial charge in [-0.1, -0.05) is 12.1 Å². The standard InChI is InChI=1S/C22H33N5O7S2/c1-36-9-8-14(23)19(30)25-15(6-7-18(24)29)20(31)27-17(11-35)21(32)26-16(22(33)34)10-12-2-4-13(28)5-3-12/h2-5,14-17,28,35H,6-11,23H2,1H3,(H2,24,29)(H,25,30)(H,26,32)(H,27,31)(H,33,34). The number of rotatable bonds is 16. The Balaban J connectivity index is 2.88. The number of carbonyl (C=O) groups excluding carboxylic acids is 4. The third-order valence-corrected chi connectivity index (χ3v) is 6.10. The predicted octanol–water partition coefficient (Wildman–Crippen LogP) is -1.25. The lowest BCUT2D eigenvalue weighted by Crippen LogP contribution is -2.58. The summed E-state index contributed by atoms with van der Waals surface area (Å²) in [7, 11) is 0. The number of phenols is 1. The Bertz CT molecular complexity index is 917. The van der Waals surface area contributed by atoms with Crippen molar-refractivity contribution < 1.29 is 34.2 Å². The lowest BCUT2D eigenvalue weighted by atomic mass is 10.1. The number of primary amides is 1. The normalized spacial score (nSPS) is 14.1. The number of carbonyl (C=O) groups is 5. The number of thiol groups is 1. The first kappa shape index (κ1) is 31.1. The van der Waals surface area contributed by atoms with Crippen LogP contribution in [0.15, 0.2) is 24.3 Å². The van der Waals surface area contributed by atoms with Crippen LogP contribution >= 0.6 is 24.4 Å². The van der Waals surface area contributed by atoms with E-state index in [9.17, 15) is 34.2 Å². The topological polar surface area (TPSA) is 214 Å². The van der Waals surface area contributed by atoms with Gasteiger partial charge in [0.15, 0.2) is 0 Å². The minimum Gasteiger partial charge on any atom is -0.508 e. The molecule has 0 radical (unpaired) electrons. The first-order valence-electron chi connectivity index (χ1n) is 11.0. The smallest absolute Gasteiger partial charge is 0.326 e. The van der Waals surface area contributed by atoms with E-state index in [0.29, 0.717) is 17.7 Å². The highest BCUT2D eigenvalue weighted by Crippen LogP contribution is 2.12. The van der Waals surface area contributed by atoms with Crippen LogP contribution in [0, 0.1) is 0 Å². The molecule has 36 heavy (non-hydrogen) atoms. The van der Waals surface area contributed by atoms with Crippen molar-refractivity contribution in [2.75, 3.05) is 17.8 Å². The molecule has 12 nitrogen and oxygen atoms in total. The number of hydrogen-bond acceptors (Lipinski definition) is 9. The summed E-state index contributed by atoms with van der Waals surface area (Å²) in [5.74, 6) is -3.70. The molecule has 0 aliphatic rings. The molecule has 0 fully saturated rings. The van der Waals surface area contributed by atoms with E-state index in [2.05, 4.69) is 28.6 Å². The number of nitrogens with two attached hydrogens (primary N) is 2. The third-order valence-electron chi connectivity index (χ3n) is 5.09. The zero-order valence-electron chi connectivity index (χ0n) is 19.8.